The highest BCUT2D eigenvalue weighted by Gasteiger charge is 2.41. The summed E-state index contributed by atoms with van der Waals surface area (Å²) >= 11 is 0. The van der Waals surface area contributed by atoms with E-state index in [0.717, 1.165) is 37.1 Å². The Hall–Kier alpha value is -4.76. The number of anilines is 1. The molecule has 3 nitrogen and oxygen atoms in total. The van der Waals surface area contributed by atoms with Gasteiger partial charge in [-0.15, -0.1) is 6.58 Å². The number of hydrogen-bond donors (Lipinski definition) is 1. The Morgan fingerprint density at radius 2 is 1.43 bits per heavy atom. The van der Waals surface area contributed by atoms with Gasteiger partial charge >= 0.3 is 6.18 Å². The number of rotatable bonds is 7. The van der Waals surface area contributed by atoms with Crippen molar-refractivity contribution in [3.05, 3.63) is 150 Å². The summed E-state index contributed by atoms with van der Waals surface area (Å²) in [7, 11) is 0. The predicted molar refractivity (Wildman–Crippen MR) is 209 cm³/mol. The first-order valence-electron chi connectivity index (χ1n) is 18.0. The fourth-order valence-corrected chi connectivity index (χ4v) is 6.92. The first kappa shape index (κ1) is 40.7. The molecule has 6 rings (SSSR count). The summed E-state index contributed by atoms with van der Waals surface area (Å²) in [5, 5.41) is 9.45. The largest absolute Gasteiger partial charge is 0.417 e. The Kier molecular flexibility index (Phi) is 15.2. The monoisotopic (exact) mass is 693 g/mol. The van der Waals surface area contributed by atoms with E-state index in [9.17, 15) is 18.4 Å². The molecule has 1 unspecified atom stereocenters. The maximum absolute atomic E-state index is 14.1. The van der Waals surface area contributed by atoms with Gasteiger partial charge < -0.3 is 10.6 Å². The zero-order chi connectivity index (χ0) is 37.6. The number of allylic oxidation sites excluding steroid dienone is 1. The molecule has 51 heavy (non-hydrogen) atoms. The Labute approximate surface area is 304 Å². The fourth-order valence-electron chi connectivity index (χ4n) is 6.92. The molecule has 0 radical (unpaired) electrons. The summed E-state index contributed by atoms with van der Waals surface area (Å²) in [4.78, 5) is 2.38. The third kappa shape index (κ3) is 10.9. The van der Waals surface area contributed by atoms with Crippen LogP contribution in [0.2, 0.25) is 0 Å². The summed E-state index contributed by atoms with van der Waals surface area (Å²) in [5.74, 6) is 0.835. The van der Waals surface area contributed by atoms with Crippen LogP contribution in [0.5, 0.6) is 0 Å². The van der Waals surface area contributed by atoms with Crippen molar-refractivity contribution >= 4 is 5.69 Å². The lowest BCUT2D eigenvalue weighted by Gasteiger charge is -2.44. The minimum atomic E-state index is -4.59. The van der Waals surface area contributed by atoms with Gasteiger partial charge in [-0.1, -0.05) is 106 Å². The summed E-state index contributed by atoms with van der Waals surface area (Å²) in [6.45, 7) is 18.3. The summed E-state index contributed by atoms with van der Waals surface area (Å²) in [6, 6.07) is 31.9. The van der Waals surface area contributed by atoms with Gasteiger partial charge in [-0.25, -0.2) is 0 Å². The first-order valence-corrected chi connectivity index (χ1v) is 18.0. The van der Waals surface area contributed by atoms with Gasteiger partial charge in [0.1, 0.15) is 0 Å². The molecule has 0 amide bonds. The molecule has 2 fully saturated rings. The number of piperidine rings is 1. The number of benzene rings is 4. The van der Waals surface area contributed by atoms with Gasteiger partial charge in [0.2, 0.25) is 0 Å². The van der Waals surface area contributed by atoms with Crippen LogP contribution in [0.3, 0.4) is 0 Å². The number of alkyl halides is 3. The molecule has 0 spiro atoms. The molecule has 4 aromatic carbocycles. The third-order valence-electron chi connectivity index (χ3n) is 9.67. The van der Waals surface area contributed by atoms with Crippen LogP contribution >= 0.6 is 0 Å². The van der Waals surface area contributed by atoms with Crippen molar-refractivity contribution in [2.45, 2.75) is 84.2 Å². The Balaban J connectivity index is 0.000000809. The van der Waals surface area contributed by atoms with Crippen LogP contribution in [0.15, 0.2) is 116 Å². The van der Waals surface area contributed by atoms with E-state index in [1.807, 2.05) is 20.8 Å². The van der Waals surface area contributed by atoms with Gasteiger partial charge in [-0.3, -0.25) is 0 Å². The van der Waals surface area contributed by atoms with E-state index in [-0.39, 0.29) is 11.5 Å². The zero-order valence-electron chi connectivity index (χ0n) is 30.9. The maximum Gasteiger partial charge on any atom is 0.417 e. The lowest BCUT2D eigenvalue weighted by atomic mass is 9.64. The van der Waals surface area contributed by atoms with Gasteiger partial charge in [0.05, 0.1) is 17.2 Å². The van der Waals surface area contributed by atoms with Gasteiger partial charge in [-0.2, -0.15) is 18.4 Å². The molecular weight excluding hydrogens is 640 g/mol. The highest BCUT2D eigenvalue weighted by atomic mass is 19.4. The lowest BCUT2D eigenvalue weighted by molar-refractivity contribution is -0.137. The van der Waals surface area contributed by atoms with Crippen molar-refractivity contribution in [3.8, 4) is 17.2 Å². The van der Waals surface area contributed by atoms with Crippen molar-refractivity contribution in [2.75, 3.05) is 18.0 Å². The molecule has 2 N–H and O–H groups in total. The van der Waals surface area contributed by atoms with E-state index >= 15 is 0 Å². The summed E-state index contributed by atoms with van der Waals surface area (Å²) in [5.41, 5.74) is 10.7. The normalized spacial score (nSPS) is 15.2. The number of aryl methyl sites for hydroxylation is 1. The smallest absolute Gasteiger partial charge is 0.405 e. The summed E-state index contributed by atoms with van der Waals surface area (Å²) in [6.07, 6.45) is 3.25. The van der Waals surface area contributed by atoms with Crippen molar-refractivity contribution in [1.82, 2.24) is 0 Å². The zero-order valence-corrected chi connectivity index (χ0v) is 30.9. The Morgan fingerprint density at radius 1 is 0.863 bits per heavy atom. The number of hydrogen-bond acceptors (Lipinski definition) is 3. The molecule has 1 aliphatic carbocycles. The van der Waals surface area contributed by atoms with Gasteiger partial charge in [-0.05, 0) is 121 Å². The molecule has 1 heterocycles. The molecule has 0 bridgehead atoms. The molecule has 1 saturated heterocycles. The number of nitrogens with zero attached hydrogens (tertiary/aromatic N) is 2. The molecule has 4 aromatic rings. The van der Waals surface area contributed by atoms with Crippen LogP contribution < -0.4 is 10.6 Å². The Morgan fingerprint density at radius 3 is 1.98 bits per heavy atom. The fraction of sp³-hybridized carbons (Fsp3) is 0.356. The highest BCUT2D eigenvalue weighted by molar-refractivity contribution is 5.65. The van der Waals surface area contributed by atoms with Gasteiger partial charge in [0, 0.05) is 18.8 Å². The van der Waals surface area contributed by atoms with Crippen LogP contribution in [0.4, 0.5) is 18.9 Å². The molecule has 0 aromatic heterocycles. The quantitative estimate of drug-likeness (QED) is 0.196. The SMILES string of the molecule is C=CC.C=CN.CC.Cc1ccc(N2CCC(C(C)(Cc3cccc(-c4cccc(C5CC5)c4)c3)c3ccc(C#N)c(C(F)(F)F)c3)CC2)cc1. The van der Waals surface area contributed by atoms with E-state index in [0.29, 0.717) is 17.9 Å². The minimum absolute atomic E-state index is 0.171. The first-order chi connectivity index (χ1) is 24.5. The van der Waals surface area contributed by atoms with E-state index in [2.05, 4.69) is 110 Å². The van der Waals surface area contributed by atoms with Crippen LogP contribution in [-0.2, 0) is 18.0 Å². The minimum Gasteiger partial charge on any atom is -0.405 e. The van der Waals surface area contributed by atoms with Crippen LogP contribution in [-0.4, -0.2) is 13.1 Å². The second kappa shape index (κ2) is 19.0. The van der Waals surface area contributed by atoms with Crippen LogP contribution in [0.25, 0.3) is 11.1 Å². The van der Waals surface area contributed by atoms with Crippen molar-refractivity contribution in [3.63, 3.8) is 0 Å². The topological polar surface area (TPSA) is 53.0 Å². The lowest BCUT2D eigenvalue weighted by Crippen LogP contribution is -2.43. The van der Waals surface area contributed by atoms with Crippen molar-refractivity contribution in [1.29, 1.82) is 5.26 Å². The van der Waals surface area contributed by atoms with Crippen LogP contribution in [0.1, 0.15) is 92.7 Å². The van der Waals surface area contributed by atoms with E-state index in [1.165, 1.54) is 53.6 Å². The molecule has 1 aliphatic heterocycles. The second-order valence-electron chi connectivity index (χ2n) is 13.3. The summed E-state index contributed by atoms with van der Waals surface area (Å²) < 4.78 is 42.3. The standard InChI is InChI=1S/C38H37F3N2.C3H6.C2H5N.C2H6/c1-26-9-15-35(16-10-26)43-19-17-33(18-20-43)37(2,34-14-13-32(25-42)36(23-34)38(39,40)41)24-27-5-3-6-29(21-27)31-8-4-7-30(22-31)28-11-12-28;1-3-2;1-2-3;1-2/h3-10,13-16,21-23,28,33H,11-12,17-20,24H2,1-2H3;3H,1H2,2H3;2H,1,3H2;1-2H3. The maximum atomic E-state index is 14.1. The molecular formula is C45H54F3N3. The number of halogens is 3. The third-order valence-corrected chi connectivity index (χ3v) is 9.67. The van der Waals surface area contributed by atoms with Gasteiger partial charge in [0.15, 0.2) is 0 Å². The predicted octanol–water partition coefficient (Wildman–Crippen LogP) is 12.2. The molecule has 2 aliphatic rings. The highest BCUT2D eigenvalue weighted by Crippen LogP contribution is 2.45. The number of nitrogens with two attached hydrogens (primary N) is 1. The second-order valence-corrected chi connectivity index (χ2v) is 13.3. The van der Waals surface area contributed by atoms with Crippen molar-refractivity contribution in [2.24, 2.45) is 11.7 Å². The molecule has 6 heteroatoms. The average molecular weight is 694 g/mol. The van der Waals surface area contributed by atoms with Crippen LogP contribution in [0, 0.1) is 24.2 Å². The van der Waals surface area contributed by atoms with E-state index in [1.54, 1.807) is 18.2 Å². The average Bonchev–Trinajstić information content (AvgIpc) is 3.99. The number of nitriles is 1. The molecule has 1 atom stereocenters. The van der Waals surface area contributed by atoms with Crippen molar-refractivity contribution < 1.29 is 13.2 Å². The Bertz CT molecular complexity index is 1730. The van der Waals surface area contributed by atoms with Gasteiger partial charge in [0.25, 0.3) is 0 Å². The van der Waals surface area contributed by atoms with E-state index < -0.39 is 17.2 Å². The van der Waals surface area contributed by atoms with E-state index in [4.69, 9.17) is 0 Å². The molecule has 270 valence electrons. The molecule has 1 saturated carbocycles.